The van der Waals surface area contributed by atoms with Gasteiger partial charge in [-0.2, -0.15) is 0 Å². The molecule has 29 heavy (non-hydrogen) atoms. The molecule has 1 amide bonds. The predicted molar refractivity (Wildman–Crippen MR) is 116 cm³/mol. The van der Waals surface area contributed by atoms with Crippen molar-refractivity contribution in [3.63, 3.8) is 0 Å². The number of hydrogen-bond acceptors (Lipinski definition) is 4. The molecule has 0 radical (unpaired) electrons. The number of Topliss-reactive ketones (excluding diaryl/α,β-unsaturated/α-hetero) is 1. The first-order valence-electron chi connectivity index (χ1n) is 11.3. The van der Waals surface area contributed by atoms with Crippen LogP contribution in [0.5, 0.6) is 0 Å². The zero-order valence-corrected chi connectivity index (χ0v) is 18.1. The summed E-state index contributed by atoms with van der Waals surface area (Å²) in [6.45, 7) is 9.41. The third-order valence-corrected chi connectivity index (χ3v) is 7.69. The number of piperazine rings is 1. The first-order valence-corrected chi connectivity index (χ1v) is 11.3. The summed E-state index contributed by atoms with van der Waals surface area (Å²) in [5.74, 6) is 2.71. The highest BCUT2D eigenvalue weighted by atomic mass is 16.2. The van der Waals surface area contributed by atoms with Crippen LogP contribution in [0.4, 0.5) is 5.69 Å². The molecule has 1 aromatic carbocycles. The van der Waals surface area contributed by atoms with Crippen LogP contribution in [0.2, 0.25) is 0 Å². The molecule has 158 valence electrons. The quantitative estimate of drug-likeness (QED) is 0.748. The van der Waals surface area contributed by atoms with Gasteiger partial charge < -0.3 is 10.2 Å². The van der Waals surface area contributed by atoms with Crippen LogP contribution in [0.3, 0.4) is 0 Å². The van der Waals surface area contributed by atoms with Crippen molar-refractivity contribution in [1.29, 1.82) is 0 Å². The second kappa shape index (κ2) is 8.47. The van der Waals surface area contributed by atoms with Crippen LogP contribution in [0.15, 0.2) is 24.3 Å². The average Bonchev–Trinajstić information content (AvgIpc) is 3.37. The first-order chi connectivity index (χ1) is 13.9. The van der Waals surface area contributed by atoms with Gasteiger partial charge in [-0.3, -0.25) is 14.5 Å². The zero-order chi connectivity index (χ0) is 20.5. The molecule has 2 saturated carbocycles. The summed E-state index contributed by atoms with van der Waals surface area (Å²) in [5, 5.41) is 3.34. The Kier molecular flexibility index (Phi) is 5.95. The van der Waals surface area contributed by atoms with E-state index in [2.05, 4.69) is 22.0 Å². The highest BCUT2D eigenvalue weighted by Crippen LogP contribution is 2.49. The maximum Gasteiger partial charge on any atom is 0.237 e. The number of amides is 1. The zero-order valence-electron chi connectivity index (χ0n) is 18.1. The van der Waals surface area contributed by atoms with E-state index < -0.39 is 0 Å². The fraction of sp³-hybridized carbons (Fsp3) is 0.667. The molecule has 2 bridgehead atoms. The Morgan fingerprint density at radius 2 is 1.69 bits per heavy atom. The first kappa shape index (κ1) is 20.4. The Hall–Kier alpha value is -1.88. The monoisotopic (exact) mass is 397 g/mol. The molecule has 1 heterocycles. The van der Waals surface area contributed by atoms with Gasteiger partial charge in [0.25, 0.3) is 0 Å². The molecule has 0 spiro atoms. The smallest absolute Gasteiger partial charge is 0.237 e. The van der Waals surface area contributed by atoms with Gasteiger partial charge in [-0.1, -0.05) is 6.42 Å². The minimum atomic E-state index is -0.0849. The van der Waals surface area contributed by atoms with Crippen LogP contribution in [0.25, 0.3) is 0 Å². The van der Waals surface area contributed by atoms with E-state index in [1.807, 2.05) is 31.2 Å². The lowest BCUT2D eigenvalue weighted by Gasteiger charge is -2.39. The summed E-state index contributed by atoms with van der Waals surface area (Å²) in [7, 11) is 0. The normalized spacial score (nSPS) is 28.9. The number of carbonyl (C=O) groups excluding carboxylic acids is 2. The number of carbonyl (C=O) groups is 2. The van der Waals surface area contributed by atoms with Crippen LogP contribution < -0.4 is 10.2 Å². The van der Waals surface area contributed by atoms with Gasteiger partial charge in [-0.15, -0.1) is 0 Å². The van der Waals surface area contributed by atoms with E-state index in [1.165, 1.54) is 25.7 Å². The van der Waals surface area contributed by atoms with E-state index in [-0.39, 0.29) is 17.7 Å². The van der Waals surface area contributed by atoms with Crippen LogP contribution >= 0.6 is 0 Å². The summed E-state index contributed by atoms with van der Waals surface area (Å²) in [4.78, 5) is 29.0. The van der Waals surface area contributed by atoms with Crippen molar-refractivity contribution in [2.45, 2.75) is 58.5 Å². The number of benzene rings is 1. The van der Waals surface area contributed by atoms with E-state index in [9.17, 15) is 9.59 Å². The van der Waals surface area contributed by atoms with Crippen molar-refractivity contribution >= 4 is 17.4 Å². The van der Waals surface area contributed by atoms with Gasteiger partial charge in [0.15, 0.2) is 5.78 Å². The summed E-state index contributed by atoms with van der Waals surface area (Å²) in [6.07, 6.45) is 5.46. The van der Waals surface area contributed by atoms with Gasteiger partial charge >= 0.3 is 0 Å². The maximum absolute atomic E-state index is 12.9. The summed E-state index contributed by atoms with van der Waals surface area (Å²) in [6, 6.07) is 8.06. The number of anilines is 1. The van der Waals surface area contributed by atoms with Gasteiger partial charge in [-0.25, -0.2) is 0 Å². The van der Waals surface area contributed by atoms with Crippen molar-refractivity contribution < 1.29 is 9.59 Å². The number of fused-ring (bicyclic) bond motifs is 2. The lowest BCUT2D eigenvalue weighted by molar-refractivity contribution is -0.127. The minimum Gasteiger partial charge on any atom is -0.369 e. The van der Waals surface area contributed by atoms with E-state index >= 15 is 0 Å². The van der Waals surface area contributed by atoms with Crippen LogP contribution in [0, 0.1) is 17.8 Å². The second-order valence-electron chi connectivity index (χ2n) is 9.44. The Morgan fingerprint density at radius 1 is 1.00 bits per heavy atom. The van der Waals surface area contributed by atoms with Crippen LogP contribution in [0.1, 0.15) is 56.8 Å². The van der Waals surface area contributed by atoms with Crippen molar-refractivity contribution in [3.05, 3.63) is 29.8 Å². The Morgan fingerprint density at radius 3 is 2.24 bits per heavy atom. The molecule has 5 heteroatoms. The lowest BCUT2D eigenvalue weighted by Crippen LogP contribution is -2.55. The third-order valence-electron chi connectivity index (χ3n) is 7.69. The molecule has 5 atom stereocenters. The van der Waals surface area contributed by atoms with Crippen molar-refractivity contribution in [1.82, 2.24) is 10.2 Å². The molecule has 1 N–H and O–H groups in total. The molecule has 5 unspecified atom stereocenters. The van der Waals surface area contributed by atoms with Gasteiger partial charge in [0, 0.05) is 43.5 Å². The van der Waals surface area contributed by atoms with Gasteiger partial charge in [0.05, 0.1) is 6.04 Å². The van der Waals surface area contributed by atoms with E-state index in [0.29, 0.717) is 12.0 Å². The van der Waals surface area contributed by atoms with E-state index in [1.54, 1.807) is 6.92 Å². The molecule has 0 aromatic heterocycles. The van der Waals surface area contributed by atoms with Gasteiger partial charge in [-0.05, 0) is 82.1 Å². The molecular weight excluding hydrogens is 362 g/mol. The lowest BCUT2D eigenvalue weighted by atomic mass is 9.84. The molecule has 1 saturated heterocycles. The fourth-order valence-corrected chi connectivity index (χ4v) is 5.80. The highest BCUT2D eigenvalue weighted by Gasteiger charge is 2.42. The SMILES string of the molecule is CC(=O)c1ccc(N2CCN(C(C)C(=O)NC(C)C3CC4CCC3C4)CC2)cc1. The van der Waals surface area contributed by atoms with Gasteiger partial charge in [0.2, 0.25) is 5.91 Å². The fourth-order valence-electron chi connectivity index (χ4n) is 5.80. The van der Waals surface area contributed by atoms with Crippen molar-refractivity contribution in [2.75, 3.05) is 31.1 Å². The predicted octanol–water partition coefficient (Wildman–Crippen LogP) is 3.34. The maximum atomic E-state index is 12.9. The highest BCUT2D eigenvalue weighted by molar-refractivity contribution is 5.94. The summed E-state index contributed by atoms with van der Waals surface area (Å²) in [5.41, 5.74) is 1.90. The number of rotatable bonds is 6. The second-order valence-corrected chi connectivity index (χ2v) is 9.44. The molecule has 5 nitrogen and oxygen atoms in total. The average molecular weight is 398 g/mol. The van der Waals surface area contributed by atoms with Crippen LogP contribution in [-0.2, 0) is 4.79 Å². The molecular formula is C24H35N3O2. The van der Waals surface area contributed by atoms with E-state index in [0.717, 1.165) is 49.3 Å². The Balaban J connectivity index is 1.26. The van der Waals surface area contributed by atoms with Crippen LogP contribution in [-0.4, -0.2) is 54.9 Å². The molecule has 1 aromatic rings. The number of nitrogens with one attached hydrogen (secondary N) is 1. The molecule has 2 aliphatic carbocycles. The molecule has 4 rings (SSSR count). The molecule has 3 fully saturated rings. The summed E-state index contributed by atoms with van der Waals surface area (Å²) >= 11 is 0. The standard InChI is InChI=1S/C24H35N3O2/c1-16(23-15-19-4-5-21(23)14-19)25-24(29)17(2)26-10-12-27(13-11-26)22-8-6-20(7-9-22)18(3)28/h6-9,16-17,19,21,23H,4-5,10-15H2,1-3H3,(H,25,29). The topological polar surface area (TPSA) is 52.7 Å². The van der Waals surface area contributed by atoms with E-state index in [4.69, 9.17) is 0 Å². The Bertz CT molecular complexity index is 739. The minimum absolute atomic E-state index is 0.0849. The van der Waals surface area contributed by atoms with Gasteiger partial charge in [0.1, 0.15) is 0 Å². The largest absolute Gasteiger partial charge is 0.369 e. The van der Waals surface area contributed by atoms with Crippen molar-refractivity contribution in [2.24, 2.45) is 17.8 Å². The molecule has 3 aliphatic rings. The summed E-state index contributed by atoms with van der Waals surface area (Å²) < 4.78 is 0. The van der Waals surface area contributed by atoms with Crippen molar-refractivity contribution in [3.8, 4) is 0 Å². The number of nitrogens with zero attached hydrogens (tertiary/aromatic N) is 2. The third kappa shape index (κ3) is 4.35. The number of ketones is 1. The Labute approximate surface area is 174 Å². The molecule has 1 aliphatic heterocycles. The number of hydrogen-bond donors (Lipinski definition) is 1.